The van der Waals surface area contributed by atoms with Crippen LogP contribution in [0.1, 0.15) is 45.9 Å². The molecule has 7 nitrogen and oxygen atoms in total. The van der Waals surface area contributed by atoms with E-state index in [4.69, 9.17) is 9.47 Å². The number of esters is 1. The van der Waals surface area contributed by atoms with E-state index in [0.717, 1.165) is 11.3 Å². The second kappa shape index (κ2) is 9.95. The average Bonchev–Trinajstić information content (AvgIpc) is 2.90. The minimum absolute atomic E-state index is 0.192. The number of thiophene rings is 1. The van der Waals surface area contributed by atoms with E-state index in [9.17, 15) is 14.4 Å². The van der Waals surface area contributed by atoms with Gasteiger partial charge in [0, 0.05) is 7.05 Å². The molecule has 0 radical (unpaired) electrons. The Balaban J connectivity index is 3.07. The van der Waals surface area contributed by atoms with E-state index < -0.39 is 18.0 Å². The number of ether oxygens (including phenoxy) is 2. The monoisotopic (exact) mass is 368 g/mol. The van der Waals surface area contributed by atoms with Crippen LogP contribution in [-0.2, 0) is 14.3 Å². The predicted octanol–water partition coefficient (Wildman–Crippen LogP) is 2.51. The minimum Gasteiger partial charge on any atom is -0.462 e. The number of hydrogen-bond acceptors (Lipinski definition) is 6. The van der Waals surface area contributed by atoms with Crippen molar-refractivity contribution >= 4 is 34.1 Å². The first-order valence-electron chi connectivity index (χ1n) is 7.93. The lowest BCUT2D eigenvalue weighted by atomic mass is 10.1. The van der Waals surface area contributed by atoms with Gasteiger partial charge in [0.05, 0.1) is 23.7 Å². The van der Waals surface area contributed by atoms with Gasteiger partial charge in [-0.05, 0) is 32.8 Å². The SMILES string of the molecule is C=CCCOC(C)C(=O)Nc1sc(C(=O)NC)c(C)c1C(=O)OCC. The summed E-state index contributed by atoms with van der Waals surface area (Å²) >= 11 is 1.03. The van der Waals surface area contributed by atoms with Crippen LogP contribution in [0.2, 0.25) is 0 Å². The summed E-state index contributed by atoms with van der Waals surface area (Å²) < 4.78 is 10.4. The van der Waals surface area contributed by atoms with Crippen LogP contribution >= 0.6 is 11.3 Å². The minimum atomic E-state index is -0.708. The maximum atomic E-state index is 12.3. The summed E-state index contributed by atoms with van der Waals surface area (Å²) in [6, 6.07) is 0. The molecule has 0 aliphatic rings. The molecule has 1 atom stereocenters. The molecule has 2 amide bonds. The normalized spacial score (nSPS) is 11.5. The molecule has 0 fully saturated rings. The molecule has 1 rings (SSSR count). The van der Waals surface area contributed by atoms with Crippen molar-refractivity contribution in [2.75, 3.05) is 25.6 Å². The lowest BCUT2D eigenvalue weighted by Gasteiger charge is -2.13. The maximum Gasteiger partial charge on any atom is 0.341 e. The summed E-state index contributed by atoms with van der Waals surface area (Å²) in [5.74, 6) is -1.31. The summed E-state index contributed by atoms with van der Waals surface area (Å²) in [6.45, 7) is 9.10. The van der Waals surface area contributed by atoms with Gasteiger partial charge in [-0.3, -0.25) is 9.59 Å². The number of carbonyl (C=O) groups excluding carboxylic acids is 3. The molecule has 2 N–H and O–H groups in total. The Morgan fingerprint density at radius 3 is 2.60 bits per heavy atom. The van der Waals surface area contributed by atoms with Gasteiger partial charge in [-0.15, -0.1) is 17.9 Å². The van der Waals surface area contributed by atoms with Crippen LogP contribution in [0.15, 0.2) is 12.7 Å². The molecule has 1 aromatic heterocycles. The van der Waals surface area contributed by atoms with Crippen molar-refractivity contribution in [3.8, 4) is 0 Å². The summed E-state index contributed by atoms with van der Waals surface area (Å²) in [6.07, 6.45) is 1.62. The van der Waals surface area contributed by atoms with Gasteiger partial charge in [0.2, 0.25) is 0 Å². The molecule has 1 unspecified atom stereocenters. The Morgan fingerprint density at radius 2 is 2.04 bits per heavy atom. The molecular formula is C17H24N2O5S. The molecule has 0 saturated carbocycles. The molecule has 0 spiro atoms. The van der Waals surface area contributed by atoms with Crippen molar-refractivity contribution in [1.29, 1.82) is 0 Å². The van der Waals surface area contributed by atoms with Crippen LogP contribution in [-0.4, -0.2) is 44.1 Å². The smallest absolute Gasteiger partial charge is 0.341 e. The second-order valence-corrected chi connectivity index (χ2v) is 6.16. The summed E-state index contributed by atoms with van der Waals surface area (Å²) in [5, 5.41) is 5.46. The molecule has 0 bridgehead atoms. The van der Waals surface area contributed by atoms with E-state index in [2.05, 4.69) is 17.2 Å². The van der Waals surface area contributed by atoms with Crippen molar-refractivity contribution in [1.82, 2.24) is 5.32 Å². The molecule has 1 heterocycles. The van der Waals surface area contributed by atoms with E-state index in [1.807, 2.05) is 0 Å². The lowest BCUT2D eigenvalue weighted by molar-refractivity contribution is -0.126. The highest BCUT2D eigenvalue weighted by Gasteiger charge is 2.27. The van der Waals surface area contributed by atoms with E-state index in [1.165, 1.54) is 7.05 Å². The highest BCUT2D eigenvalue weighted by Crippen LogP contribution is 2.34. The van der Waals surface area contributed by atoms with Crippen LogP contribution in [0.25, 0.3) is 0 Å². The average molecular weight is 368 g/mol. The first kappa shape index (κ1) is 20.9. The van der Waals surface area contributed by atoms with Crippen LogP contribution in [0.5, 0.6) is 0 Å². The van der Waals surface area contributed by atoms with Gasteiger partial charge in [-0.2, -0.15) is 0 Å². The maximum absolute atomic E-state index is 12.3. The van der Waals surface area contributed by atoms with E-state index in [-0.39, 0.29) is 23.1 Å². The van der Waals surface area contributed by atoms with E-state index in [0.29, 0.717) is 23.5 Å². The number of amides is 2. The molecule has 0 aliphatic heterocycles. The Bertz CT molecular complexity index is 654. The quantitative estimate of drug-likeness (QED) is 0.397. The van der Waals surface area contributed by atoms with Crippen molar-refractivity contribution in [3.05, 3.63) is 28.7 Å². The third-order valence-corrected chi connectivity index (χ3v) is 4.56. The zero-order valence-electron chi connectivity index (χ0n) is 14.9. The molecule has 8 heteroatoms. The standard InChI is InChI=1S/C17H24N2O5S/c1-6-8-9-24-11(4)14(20)19-16-12(17(22)23-7-2)10(3)13(25-16)15(21)18-5/h6,11H,1,7-9H2,2-5H3,(H,18,21)(H,19,20). The fourth-order valence-corrected chi connectivity index (χ4v) is 3.14. The van der Waals surface area contributed by atoms with Crippen LogP contribution in [0.3, 0.4) is 0 Å². The molecule has 25 heavy (non-hydrogen) atoms. The third kappa shape index (κ3) is 5.40. The number of rotatable bonds is 9. The largest absolute Gasteiger partial charge is 0.462 e. The first-order valence-corrected chi connectivity index (χ1v) is 8.74. The fourth-order valence-electron chi connectivity index (χ4n) is 2.00. The van der Waals surface area contributed by atoms with Crippen LogP contribution < -0.4 is 10.6 Å². The van der Waals surface area contributed by atoms with Crippen molar-refractivity contribution < 1.29 is 23.9 Å². The van der Waals surface area contributed by atoms with Gasteiger partial charge < -0.3 is 20.1 Å². The van der Waals surface area contributed by atoms with Gasteiger partial charge in [-0.1, -0.05) is 6.08 Å². The zero-order chi connectivity index (χ0) is 19.0. The Labute approximate surface area is 151 Å². The molecule has 0 aromatic carbocycles. The zero-order valence-corrected chi connectivity index (χ0v) is 15.7. The third-order valence-electron chi connectivity index (χ3n) is 3.36. The van der Waals surface area contributed by atoms with Gasteiger partial charge in [-0.25, -0.2) is 4.79 Å². The van der Waals surface area contributed by atoms with Crippen LogP contribution in [0, 0.1) is 6.92 Å². The van der Waals surface area contributed by atoms with E-state index >= 15 is 0 Å². The second-order valence-electron chi connectivity index (χ2n) is 5.14. The molecule has 1 aromatic rings. The summed E-state index contributed by atoms with van der Waals surface area (Å²) in [5.41, 5.74) is 0.662. The van der Waals surface area contributed by atoms with Crippen molar-refractivity contribution in [2.24, 2.45) is 0 Å². The summed E-state index contributed by atoms with van der Waals surface area (Å²) in [4.78, 5) is 36.8. The van der Waals surface area contributed by atoms with Crippen molar-refractivity contribution in [2.45, 2.75) is 33.3 Å². The summed E-state index contributed by atoms with van der Waals surface area (Å²) in [7, 11) is 1.50. The number of nitrogens with one attached hydrogen (secondary N) is 2. The van der Waals surface area contributed by atoms with Crippen molar-refractivity contribution in [3.63, 3.8) is 0 Å². The van der Waals surface area contributed by atoms with Gasteiger partial charge >= 0.3 is 5.97 Å². The Hall–Kier alpha value is -2.19. The topological polar surface area (TPSA) is 93.7 Å². The first-order chi connectivity index (χ1) is 11.9. The van der Waals surface area contributed by atoms with Gasteiger partial charge in [0.15, 0.2) is 0 Å². The number of anilines is 1. The fraction of sp³-hybridized carbons (Fsp3) is 0.471. The van der Waals surface area contributed by atoms with Gasteiger partial charge in [0.25, 0.3) is 11.8 Å². The number of carbonyl (C=O) groups is 3. The molecule has 138 valence electrons. The Morgan fingerprint density at radius 1 is 1.36 bits per heavy atom. The highest BCUT2D eigenvalue weighted by molar-refractivity contribution is 7.18. The van der Waals surface area contributed by atoms with Crippen LogP contribution in [0.4, 0.5) is 5.00 Å². The lowest BCUT2D eigenvalue weighted by Crippen LogP contribution is -2.28. The predicted molar refractivity (Wildman–Crippen MR) is 97.3 cm³/mol. The molecule has 0 aliphatic carbocycles. The molecular weight excluding hydrogens is 344 g/mol. The number of hydrogen-bond donors (Lipinski definition) is 2. The van der Waals surface area contributed by atoms with Gasteiger partial charge in [0.1, 0.15) is 11.1 Å². The highest BCUT2D eigenvalue weighted by atomic mass is 32.1. The van der Waals surface area contributed by atoms with E-state index in [1.54, 1.807) is 26.8 Å². The molecule has 0 saturated heterocycles. The Kier molecular flexibility index (Phi) is 8.30.